The van der Waals surface area contributed by atoms with Gasteiger partial charge in [-0.25, -0.2) is 0 Å². The summed E-state index contributed by atoms with van der Waals surface area (Å²) < 4.78 is 1.58. The van der Waals surface area contributed by atoms with Crippen molar-refractivity contribution in [1.82, 2.24) is 9.88 Å². The summed E-state index contributed by atoms with van der Waals surface area (Å²) in [5.74, 6) is -0.413. The molecule has 1 heterocycles. The van der Waals surface area contributed by atoms with E-state index in [0.29, 0.717) is 24.9 Å². The van der Waals surface area contributed by atoms with Gasteiger partial charge in [0, 0.05) is 19.3 Å². The molecule has 1 unspecified atom stereocenters. The Kier molecular flexibility index (Phi) is 6.98. The van der Waals surface area contributed by atoms with Crippen LogP contribution in [0.3, 0.4) is 0 Å². The van der Waals surface area contributed by atoms with Crippen LogP contribution in [0.4, 0.5) is 0 Å². The van der Waals surface area contributed by atoms with Crippen molar-refractivity contribution in [3.8, 4) is 0 Å². The minimum atomic E-state index is -0.413. The highest BCUT2D eigenvalue weighted by molar-refractivity contribution is 5.95. The molecule has 0 saturated carbocycles. The zero-order valence-electron chi connectivity index (χ0n) is 16.5. The predicted molar refractivity (Wildman–Crippen MR) is 114 cm³/mol. The number of benzene rings is 2. The molecule has 3 rings (SSSR count). The lowest BCUT2D eigenvalue weighted by Gasteiger charge is -2.19. The van der Waals surface area contributed by atoms with E-state index in [1.807, 2.05) is 60.7 Å². The Morgan fingerprint density at radius 2 is 1.69 bits per heavy atom. The molecule has 5 nitrogen and oxygen atoms in total. The molecule has 5 heteroatoms. The van der Waals surface area contributed by atoms with Gasteiger partial charge in [-0.05, 0) is 42.5 Å². The molecule has 2 aromatic carbocycles. The normalized spacial score (nSPS) is 11.8. The fourth-order valence-electron chi connectivity index (χ4n) is 3.38. The number of aliphatic hydroxyl groups excluding tert-OH is 1. The largest absolute Gasteiger partial charge is 0.396 e. The first-order valence-electron chi connectivity index (χ1n) is 9.81. The monoisotopic (exact) mass is 390 g/mol. The van der Waals surface area contributed by atoms with Crippen LogP contribution in [-0.2, 0) is 13.0 Å². The number of hydrogen-bond acceptors (Lipinski definition) is 3. The maximum absolute atomic E-state index is 13.0. The predicted octanol–water partition coefficient (Wildman–Crippen LogP) is 3.25. The number of aromatic nitrogens is 1. The highest BCUT2D eigenvalue weighted by atomic mass is 16.3. The number of aliphatic hydroxyl groups is 1. The van der Waals surface area contributed by atoms with Crippen LogP contribution in [0.5, 0.6) is 0 Å². The minimum absolute atomic E-state index is 0.0606. The van der Waals surface area contributed by atoms with E-state index in [2.05, 4.69) is 5.32 Å². The SMILES string of the molecule is Cc1ccn(CCc2ccccc2)c(=O)c1C(=O)NC(CCO)c1ccccc1. The van der Waals surface area contributed by atoms with Gasteiger partial charge < -0.3 is 15.0 Å². The molecule has 1 aromatic heterocycles. The topological polar surface area (TPSA) is 71.3 Å². The van der Waals surface area contributed by atoms with Crippen molar-refractivity contribution in [2.45, 2.75) is 32.4 Å². The third kappa shape index (κ3) is 5.21. The molecule has 0 aliphatic heterocycles. The Hall–Kier alpha value is -3.18. The van der Waals surface area contributed by atoms with Crippen molar-refractivity contribution in [1.29, 1.82) is 0 Å². The molecule has 0 aliphatic carbocycles. The van der Waals surface area contributed by atoms with Gasteiger partial charge in [-0.2, -0.15) is 0 Å². The van der Waals surface area contributed by atoms with Crippen LogP contribution in [-0.4, -0.2) is 22.2 Å². The van der Waals surface area contributed by atoms with E-state index in [1.165, 1.54) is 0 Å². The van der Waals surface area contributed by atoms with Gasteiger partial charge in [0.1, 0.15) is 5.56 Å². The fourth-order valence-corrected chi connectivity index (χ4v) is 3.38. The standard InChI is InChI=1S/C24H26N2O3/c1-18-12-15-26(16-13-19-8-4-2-5-9-19)24(29)22(18)23(28)25-21(14-17-27)20-10-6-3-7-11-20/h2-12,15,21,27H,13-14,16-17H2,1H3,(H,25,28). The van der Waals surface area contributed by atoms with E-state index in [1.54, 1.807) is 23.8 Å². The summed E-state index contributed by atoms with van der Waals surface area (Å²) in [6.45, 7) is 2.21. The lowest BCUT2D eigenvalue weighted by atomic mass is 10.0. The summed E-state index contributed by atoms with van der Waals surface area (Å²) >= 11 is 0. The lowest BCUT2D eigenvalue weighted by molar-refractivity contribution is 0.0927. The summed E-state index contributed by atoms with van der Waals surface area (Å²) in [6, 6.07) is 20.8. The highest BCUT2D eigenvalue weighted by Crippen LogP contribution is 2.17. The number of carbonyl (C=O) groups is 1. The van der Waals surface area contributed by atoms with Gasteiger partial charge in [-0.15, -0.1) is 0 Å². The quantitative estimate of drug-likeness (QED) is 0.620. The van der Waals surface area contributed by atoms with Crippen LogP contribution < -0.4 is 10.9 Å². The van der Waals surface area contributed by atoms with E-state index in [9.17, 15) is 14.7 Å². The van der Waals surface area contributed by atoms with Gasteiger partial charge in [0.15, 0.2) is 0 Å². The molecule has 1 amide bonds. The molecule has 0 bridgehead atoms. The molecule has 0 aliphatic rings. The molecule has 150 valence electrons. The number of nitrogens with zero attached hydrogens (tertiary/aromatic N) is 1. The molecular weight excluding hydrogens is 364 g/mol. The molecule has 3 aromatic rings. The molecular formula is C24H26N2O3. The highest BCUT2D eigenvalue weighted by Gasteiger charge is 2.20. The molecule has 0 saturated heterocycles. The van der Waals surface area contributed by atoms with Gasteiger partial charge in [0.25, 0.3) is 11.5 Å². The van der Waals surface area contributed by atoms with Crippen molar-refractivity contribution in [3.05, 3.63) is 106 Å². The van der Waals surface area contributed by atoms with E-state index in [-0.39, 0.29) is 23.8 Å². The Balaban J connectivity index is 1.81. The zero-order chi connectivity index (χ0) is 20.6. The van der Waals surface area contributed by atoms with Crippen molar-refractivity contribution >= 4 is 5.91 Å². The number of amides is 1. The summed E-state index contributed by atoms with van der Waals surface area (Å²) in [7, 11) is 0. The van der Waals surface area contributed by atoms with Crippen molar-refractivity contribution in [2.75, 3.05) is 6.61 Å². The second-order valence-corrected chi connectivity index (χ2v) is 7.06. The molecule has 0 spiro atoms. The molecule has 1 atom stereocenters. The summed E-state index contributed by atoms with van der Waals surface area (Å²) in [6.07, 6.45) is 2.83. The number of rotatable bonds is 8. The maximum Gasteiger partial charge on any atom is 0.263 e. The van der Waals surface area contributed by atoms with Crippen LogP contribution in [0.2, 0.25) is 0 Å². The van der Waals surface area contributed by atoms with Gasteiger partial charge in [-0.3, -0.25) is 9.59 Å². The zero-order valence-corrected chi connectivity index (χ0v) is 16.5. The van der Waals surface area contributed by atoms with Gasteiger partial charge in [0.2, 0.25) is 0 Å². The Morgan fingerprint density at radius 1 is 1.03 bits per heavy atom. The van der Waals surface area contributed by atoms with Crippen LogP contribution in [0.25, 0.3) is 0 Å². The van der Waals surface area contributed by atoms with Crippen molar-refractivity contribution < 1.29 is 9.90 Å². The molecule has 0 fully saturated rings. The lowest BCUT2D eigenvalue weighted by Crippen LogP contribution is -2.36. The summed E-state index contributed by atoms with van der Waals surface area (Å²) in [4.78, 5) is 25.9. The first-order chi connectivity index (χ1) is 14.1. The molecule has 0 radical (unpaired) electrons. The number of aryl methyl sites for hydroxylation is 3. The average Bonchev–Trinajstić information content (AvgIpc) is 2.74. The first-order valence-corrected chi connectivity index (χ1v) is 9.81. The first kappa shape index (κ1) is 20.6. The minimum Gasteiger partial charge on any atom is -0.396 e. The van der Waals surface area contributed by atoms with E-state index in [0.717, 1.165) is 11.1 Å². The number of nitrogens with one attached hydrogen (secondary N) is 1. The number of hydrogen-bond donors (Lipinski definition) is 2. The van der Waals surface area contributed by atoms with Crippen LogP contribution >= 0.6 is 0 Å². The number of pyridine rings is 1. The van der Waals surface area contributed by atoms with Crippen molar-refractivity contribution in [2.24, 2.45) is 0 Å². The average molecular weight is 390 g/mol. The Labute approximate surface area is 170 Å². The Bertz CT molecular complexity index is 998. The molecule has 29 heavy (non-hydrogen) atoms. The second kappa shape index (κ2) is 9.85. The van der Waals surface area contributed by atoms with Gasteiger partial charge in [-0.1, -0.05) is 60.7 Å². The van der Waals surface area contributed by atoms with Crippen LogP contribution in [0.1, 0.15) is 39.5 Å². The van der Waals surface area contributed by atoms with Crippen molar-refractivity contribution in [3.63, 3.8) is 0 Å². The maximum atomic E-state index is 13.0. The fraction of sp³-hybridized carbons (Fsp3) is 0.250. The second-order valence-electron chi connectivity index (χ2n) is 7.06. The number of carbonyl (C=O) groups excluding carboxylic acids is 1. The van der Waals surface area contributed by atoms with Gasteiger partial charge in [0.05, 0.1) is 6.04 Å². The van der Waals surface area contributed by atoms with E-state index in [4.69, 9.17) is 0 Å². The van der Waals surface area contributed by atoms with E-state index >= 15 is 0 Å². The smallest absolute Gasteiger partial charge is 0.263 e. The summed E-state index contributed by atoms with van der Waals surface area (Å²) in [5.41, 5.74) is 2.53. The van der Waals surface area contributed by atoms with Crippen LogP contribution in [0, 0.1) is 6.92 Å². The van der Waals surface area contributed by atoms with E-state index < -0.39 is 5.91 Å². The Morgan fingerprint density at radius 3 is 2.34 bits per heavy atom. The van der Waals surface area contributed by atoms with Crippen LogP contribution in [0.15, 0.2) is 77.7 Å². The van der Waals surface area contributed by atoms with Gasteiger partial charge >= 0.3 is 0 Å². The summed E-state index contributed by atoms with van der Waals surface area (Å²) in [5, 5.41) is 12.3. The molecule has 2 N–H and O–H groups in total. The third-order valence-corrected chi connectivity index (χ3v) is 5.01. The third-order valence-electron chi connectivity index (χ3n) is 5.01.